The van der Waals surface area contributed by atoms with Crippen LogP contribution in [0.15, 0.2) is 30.5 Å². The molecule has 25 heavy (non-hydrogen) atoms. The zero-order chi connectivity index (χ0) is 18.0. The maximum Gasteiger partial charge on any atom is 0.305 e. The number of aliphatic carboxylic acids is 1. The molecule has 0 aliphatic carbocycles. The average molecular weight is 359 g/mol. The lowest BCUT2D eigenvalue weighted by Gasteiger charge is -2.34. The number of nitrogens with zero attached hydrogens (tertiary/aromatic N) is 3. The number of carboxylic acids is 1. The van der Waals surface area contributed by atoms with E-state index in [-0.39, 0.29) is 18.4 Å². The first-order chi connectivity index (χ1) is 12.0. The van der Waals surface area contributed by atoms with Gasteiger partial charge in [-0.2, -0.15) is 16.9 Å². The molecule has 1 unspecified atom stereocenters. The minimum absolute atomic E-state index is 0.0241. The number of carboxylic acid groups (broad SMARTS) is 1. The molecule has 0 bridgehead atoms. The number of hydrogen-bond acceptors (Lipinski definition) is 4. The van der Waals surface area contributed by atoms with Crippen molar-refractivity contribution in [3.05, 3.63) is 47.3 Å². The van der Waals surface area contributed by atoms with Crippen LogP contribution in [0, 0.1) is 13.8 Å². The second-order valence-electron chi connectivity index (χ2n) is 6.17. The molecule has 3 rings (SSSR count). The third kappa shape index (κ3) is 3.56. The van der Waals surface area contributed by atoms with Crippen molar-refractivity contribution in [3.63, 3.8) is 0 Å². The first-order valence-corrected chi connectivity index (χ1v) is 9.35. The lowest BCUT2D eigenvalue weighted by Crippen LogP contribution is -2.47. The zero-order valence-electron chi connectivity index (χ0n) is 14.3. The average Bonchev–Trinajstić information content (AvgIpc) is 2.96. The second-order valence-corrected chi connectivity index (χ2v) is 7.32. The van der Waals surface area contributed by atoms with Gasteiger partial charge in [-0.25, -0.2) is 4.68 Å². The summed E-state index contributed by atoms with van der Waals surface area (Å²) in [5.41, 5.74) is 3.32. The van der Waals surface area contributed by atoms with E-state index in [1.54, 1.807) is 27.5 Å². The molecule has 1 aliphatic rings. The van der Waals surface area contributed by atoms with Crippen molar-refractivity contribution in [1.29, 1.82) is 0 Å². The fourth-order valence-corrected chi connectivity index (χ4v) is 4.17. The first-order valence-electron chi connectivity index (χ1n) is 8.20. The summed E-state index contributed by atoms with van der Waals surface area (Å²) in [5, 5.41) is 13.5. The normalized spacial score (nSPS) is 17.5. The van der Waals surface area contributed by atoms with Crippen LogP contribution in [0.3, 0.4) is 0 Å². The summed E-state index contributed by atoms with van der Waals surface area (Å²) in [4.78, 5) is 25.8. The van der Waals surface area contributed by atoms with E-state index in [4.69, 9.17) is 5.11 Å². The highest BCUT2D eigenvalue weighted by Gasteiger charge is 2.31. The van der Waals surface area contributed by atoms with Crippen molar-refractivity contribution in [2.24, 2.45) is 0 Å². The zero-order valence-corrected chi connectivity index (χ0v) is 15.1. The van der Waals surface area contributed by atoms with Gasteiger partial charge in [-0.15, -0.1) is 0 Å². The number of hydrogen-bond donors (Lipinski definition) is 1. The highest BCUT2D eigenvalue weighted by molar-refractivity contribution is 7.99. The van der Waals surface area contributed by atoms with Gasteiger partial charge in [-0.05, 0) is 25.5 Å². The molecule has 1 N–H and O–H groups in total. The fourth-order valence-electron chi connectivity index (χ4n) is 3.11. The fraction of sp³-hybridized carbons (Fsp3) is 0.389. The maximum atomic E-state index is 13.0. The van der Waals surface area contributed by atoms with Gasteiger partial charge in [0.25, 0.3) is 5.91 Å². The van der Waals surface area contributed by atoms with Gasteiger partial charge in [0.2, 0.25) is 0 Å². The molecule has 132 valence electrons. The molecule has 1 saturated heterocycles. The van der Waals surface area contributed by atoms with Crippen LogP contribution >= 0.6 is 11.8 Å². The molecule has 0 radical (unpaired) electrons. The van der Waals surface area contributed by atoms with E-state index in [0.717, 1.165) is 22.7 Å². The predicted molar refractivity (Wildman–Crippen MR) is 97.4 cm³/mol. The summed E-state index contributed by atoms with van der Waals surface area (Å²) in [6, 6.07) is 7.60. The molecule has 1 aromatic heterocycles. The molecular weight excluding hydrogens is 338 g/mol. The van der Waals surface area contributed by atoms with Crippen molar-refractivity contribution in [2.75, 3.05) is 18.1 Å². The SMILES string of the molecule is Cc1ccccc1-n1ncc(C(=O)N2CCSCC2CC(=O)O)c1C. The van der Waals surface area contributed by atoms with Crippen LogP contribution in [-0.4, -0.2) is 55.8 Å². The summed E-state index contributed by atoms with van der Waals surface area (Å²) in [5.74, 6) is 0.470. The first kappa shape index (κ1) is 17.5. The Morgan fingerprint density at radius 1 is 1.32 bits per heavy atom. The van der Waals surface area contributed by atoms with E-state index in [0.29, 0.717) is 17.9 Å². The Balaban J connectivity index is 1.90. The van der Waals surface area contributed by atoms with Crippen LogP contribution in [0.5, 0.6) is 0 Å². The summed E-state index contributed by atoms with van der Waals surface area (Å²) in [6.45, 7) is 4.44. The quantitative estimate of drug-likeness (QED) is 0.908. The topological polar surface area (TPSA) is 75.4 Å². The second kappa shape index (κ2) is 7.31. The molecule has 1 amide bonds. The highest BCUT2D eigenvalue weighted by atomic mass is 32.2. The lowest BCUT2D eigenvalue weighted by molar-refractivity contribution is -0.138. The standard InChI is InChI=1S/C18H21N3O3S/c1-12-5-3-4-6-16(12)21-13(2)15(10-19-21)18(24)20-7-8-25-11-14(20)9-17(22)23/h3-6,10,14H,7-9,11H2,1-2H3,(H,22,23). The van der Waals surface area contributed by atoms with Crippen LogP contribution in [0.4, 0.5) is 0 Å². The largest absolute Gasteiger partial charge is 0.481 e. The summed E-state index contributed by atoms with van der Waals surface area (Å²) >= 11 is 1.69. The van der Waals surface area contributed by atoms with Gasteiger partial charge in [-0.1, -0.05) is 18.2 Å². The number of amides is 1. The van der Waals surface area contributed by atoms with E-state index in [9.17, 15) is 9.59 Å². The van der Waals surface area contributed by atoms with Crippen LogP contribution in [0.1, 0.15) is 28.0 Å². The third-order valence-electron chi connectivity index (χ3n) is 4.48. The molecule has 7 heteroatoms. The minimum Gasteiger partial charge on any atom is -0.481 e. The molecule has 1 fully saturated rings. The van der Waals surface area contributed by atoms with Crippen molar-refractivity contribution >= 4 is 23.6 Å². The molecular formula is C18H21N3O3S. The Bertz CT molecular complexity index is 803. The summed E-state index contributed by atoms with van der Waals surface area (Å²) < 4.78 is 1.77. The Morgan fingerprint density at radius 3 is 2.80 bits per heavy atom. The minimum atomic E-state index is -0.877. The Morgan fingerprint density at radius 2 is 2.08 bits per heavy atom. The van der Waals surface area contributed by atoms with Gasteiger partial charge in [0.05, 0.1) is 35.6 Å². The molecule has 1 aromatic carbocycles. The van der Waals surface area contributed by atoms with Crippen LogP contribution in [0.2, 0.25) is 0 Å². The van der Waals surface area contributed by atoms with Gasteiger partial charge in [0.15, 0.2) is 0 Å². The van der Waals surface area contributed by atoms with Gasteiger partial charge in [0, 0.05) is 18.1 Å². The molecule has 2 heterocycles. The highest BCUT2D eigenvalue weighted by Crippen LogP contribution is 2.24. The maximum absolute atomic E-state index is 13.0. The lowest BCUT2D eigenvalue weighted by atomic mass is 10.1. The summed E-state index contributed by atoms with van der Waals surface area (Å²) in [6.07, 6.45) is 1.56. The van der Waals surface area contributed by atoms with Gasteiger partial charge in [-0.3, -0.25) is 9.59 Å². The molecule has 2 aromatic rings. The Labute approximate surface area is 150 Å². The van der Waals surface area contributed by atoms with Gasteiger partial charge in [0.1, 0.15) is 0 Å². The number of carbonyl (C=O) groups excluding carboxylic acids is 1. The number of carbonyl (C=O) groups is 2. The number of benzene rings is 1. The van der Waals surface area contributed by atoms with Crippen molar-refractivity contribution in [1.82, 2.24) is 14.7 Å². The molecule has 1 atom stereocenters. The monoisotopic (exact) mass is 359 g/mol. The van der Waals surface area contributed by atoms with Crippen LogP contribution in [-0.2, 0) is 4.79 Å². The number of rotatable bonds is 4. The molecule has 0 saturated carbocycles. The van der Waals surface area contributed by atoms with Gasteiger partial charge >= 0.3 is 5.97 Å². The van der Waals surface area contributed by atoms with Crippen molar-refractivity contribution < 1.29 is 14.7 Å². The number of aromatic nitrogens is 2. The molecule has 1 aliphatic heterocycles. The number of para-hydroxylation sites is 1. The van der Waals surface area contributed by atoms with Gasteiger partial charge < -0.3 is 10.0 Å². The molecule has 0 spiro atoms. The van der Waals surface area contributed by atoms with E-state index in [1.807, 2.05) is 38.1 Å². The van der Waals surface area contributed by atoms with Crippen molar-refractivity contribution in [2.45, 2.75) is 26.3 Å². The van der Waals surface area contributed by atoms with E-state index in [2.05, 4.69) is 5.10 Å². The number of aryl methyl sites for hydroxylation is 1. The molecule has 6 nitrogen and oxygen atoms in total. The van der Waals surface area contributed by atoms with E-state index >= 15 is 0 Å². The van der Waals surface area contributed by atoms with E-state index in [1.165, 1.54) is 0 Å². The third-order valence-corrected chi connectivity index (χ3v) is 5.57. The Kier molecular flexibility index (Phi) is 5.13. The Hall–Kier alpha value is -2.28. The number of thioether (sulfide) groups is 1. The van der Waals surface area contributed by atoms with Crippen LogP contribution < -0.4 is 0 Å². The van der Waals surface area contributed by atoms with E-state index < -0.39 is 5.97 Å². The predicted octanol–water partition coefficient (Wildman–Crippen LogP) is 2.52. The smallest absolute Gasteiger partial charge is 0.305 e. The summed E-state index contributed by atoms with van der Waals surface area (Å²) in [7, 11) is 0. The van der Waals surface area contributed by atoms with Crippen molar-refractivity contribution in [3.8, 4) is 5.69 Å². The van der Waals surface area contributed by atoms with Crippen LogP contribution in [0.25, 0.3) is 5.69 Å².